The van der Waals surface area contributed by atoms with E-state index in [1.54, 1.807) is 24.8 Å². The minimum absolute atomic E-state index is 0.480. The molecule has 2 heterocycles. The topological polar surface area (TPSA) is 110 Å². The molecule has 3 rings (SSSR count). The van der Waals surface area contributed by atoms with Gasteiger partial charge in [-0.15, -0.1) is 11.3 Å². The fraction of sp³-hybridized carbons (Fsp3) is 0.0769. The normalized spacial score (nSPS) is 10.5. The number of thiazole rings is 1. The van der Waals surface area contributed by atoms with E-state index in [4.69, 9.17) is 15.9 Å². The molecule has 4 N–H and O–H groups in total. The average molecular weight is 300 g/mol. The van der Waals surface area contributed by atoms with Gasteiger partial charge in [0.15, 0.2) is 5.82 Å². The van der Waals surface area contributed by atoms with Crippen LogP contribution in [0.2, 0.25) is 0 Å². The first-order chi connectivity index (χ1) is 10.2. The molecule has 0 aliphatic rings. The van der Waals surface area contributed by atoms with E-state index in [0.29, 0.717) is 34.0 Å². The second kappa shape index (κ2) is 5.33. The lowest BCUT2D eigenvalue weighted by Gasteiger charge is -2.13. The molecular weight excluding hydrogens is 288 g/mol. The number of anilines is 3. The Morgan fingerprint density at radius 2 is 2.19 bits per heavy atom. The molecule has 0 aliphatic carbocycles. The van der Waals surface area contributed by atoms with Crippen molar-refractivity contribution in [1.82, 2.24) is 15.0 Å². The maximum absolute atomic E-state index is 7.38. The number of aromatic nitrogens is 3. The van der Waals surface area contributed by atoms with Crippen molar-refractivity contribution in [1.29, 1.82) is 5.41 Å². The van der Waals surface area contributed by atoms with Gasteiger partial charge in [-0.05, 0) is 6.07 Å². The monoisotopic (exact) mass is 300 g/mol. The maximum atomic E-state index is 7.38. The Morgan fingerprint density at radius 1 is 1.33 bits per heavy atom. The Bertz CT molecular complexity index is 816. The standard InChI is InChI=1S/C13H12N6OS/c1-20-10-3-8(15)7(4-14)2-9(10)19-12-11-13(17-5-16-12)21-6-18-11/h2-6,14H,15H2,1H3,(H,16,17,19). The number of nitrogens with two attached hydrogens (primary N) is 1. The number of rotatable bonds is 4. The summed E-state index contributed by atoms with van der Waals surface area (Å²) in [6, 6.07) is 3.41. The summed E-state index contributed by atoms with van der Waals surface area (Å²) in [5.74, 6) is 1.15. The Hall–Kier alpha value is -2.74. The summed E-state index contributed by atoms with van der Waals surface area (Å²) in [6.07, 6.45) is 2.67. The number of hydrogen-bond acceptors (Lipinski definition) is 8. The van der Waals surface area contributed by atoms with Crippen LogP contribution in [0.3, 0.4) is 0 Å². The molecule has 0 radical (unpaired) electrons. The summed E-state index contributed by atoms with van der Waals surface area (Å²) in [4.78, 5) is 13.4. The number of methoxy groups -OCH3 is 1. The summed E-state index contributed by atoms with van der Waals surface area (Å²) < 4.78 is 5.31. The summed E-state index contributed by atoms with van der Waals surface area (Å²) >= 11 is 1.44. The minimum atomic E-state index is 0.480. The smallest absolute Gasteiger partial charge is 0.161 e. The molecule has 0 atom stereocenters. The van der Waals surface area contributed by atoms with E-state index in [2.05, 4.69) is 20.3 Å². The summed E-state index contributed by atoms with van der Waals surface area (Å²) in [5, 5.41) is 10.5. The lowest BCUT2D eigenvalue weighted by atomic mass is 10.1. The summed E-state index contributed by atoms with van der Waals surface area (Å²) in [5.41, 5.74) is 10.0. The predicted octanol–water partition coefficient (Wildman–Crippen LogP) is 2.42. The van der Waals surface area contributed by atoms with Crippen molar-refractivity contribution in [2.75, 3.05) is 18.2 Å². The van der Waals surface area contributed by atoms with Crippen molar-refractivity contribution < 1.29 is 4.74 Å². The molecule has 2 aromatic heterocycles. The molecule has 7 nitrogen and oxygen atoms in total. The van der Waals surface area contributed by atoms with E-state index in [-0.39, 0.29) is 0 Å². The first-order valence-electron chi connectivity index (χ1n) is 6.02. The van der Waals surface area contributed by atoms with Crippen LogP contribution in [0.15, 0.2) is 24.0 Å². The molecule has 1 aromatic carbocycles. The van der Waals surface area contributed by atoms with Gasteiger partial charge in [-0.1, -0.05) is 0 Å². The van der Waals surface area contributed by atoms with Gasteiger partial charge in [0.25, 0.3) is 0 Å². The predicted molar refractivity (Wildman–Crippen MR) is 83.8 cm³/mol. The largest absolute Gasteiger partial charge is 0.494 e. The number of nitrogens with one attached hydrogen (secondary N) is 2. The van der Waals surface area contributed by atoms with Crippen LogP contribution in [0.25, 0.3) is 10.3 Å². The van der Waals surface area contributed by atoms with Crippen LogP contribution in [0.5, 0.6) is 5.75 Å². The summed E-state index contributed by atoms with van der Waals surface area (Å²) in [6.45, 7) is 0. The highest BCUT2D eigenvalue weighted by Crippen LogP contribution is 2.33. The molecule has 21 heavy (non-hydrogen) atoms. The van der Waals surface area contributed by atoms with Crippen molar-refractivity contribution in [3.05, 3.63) is 29.5 Å². The molecule has 3 aromatic rings. The van der Waals surface area contributed by atoms with Crippen LogP contribution in [-0.4, -0.2) is 28.3 Å². The molecule has 8 heteroatoms. The zero-order valence-electron chi connectivity index (χ0n) is 11.1. The minimum Gasteiger partial charge on any atom is -0.494 e. The molecule has 0 amide bonds. The first kappa shape index (κ1) is 13.3. The van der Waals surface area contributed by atoms with Gasteiger partial charge in [0.1, 0.15) is 22.4 Å². The lowest BCUT2D eigenvalue weighted by molar-refractivity contribution is 0.417. The fourth-order valence-electron chi connectivity index (χ4n) is 1.92. The highest BCUT2D eigenvalue weighted by atomic mass is 32.1. The van der Waals surface area contributed by atoms with Crippen LogP contribution in [0.4, 0.5) is 17.2 Å². The van der Waals surface area contributed by atoms with Crippen LogP contribution >= 0.6 is 11.3 Å². The summed E-state index contributed by atoms with van der Waals surface area (Å²) in [7, 11) is 1.56. The highest BCUT2D eigenvalue weighted by Gasteiger charge is 2.11. The van der Waals surface area contributed by atoms with E-state index in [0.717, 1.165) is 4.83 Å². The molecule has 0 saturated heterocycles. The van der Waals surface area contributed by atoms with Gasteiger partial charge in [-0.25, -0.2) is 15.0 Å². The number of hydrogen-bond donors (Lipinski definition) is 3. The molecule has 0 fully saturated rings. The molecule has 0 saturated carbocycles. The Morgan fingerprint density at radius 3 is 2.95 bits per heavy atom. The third-order valence-corrected chi connectivity index (χ3v) is 3.68. The van der Waals surface area contributed by atoms with Gasteiger partial charge in [0, 0.05) is 23.5 Å². The second-order valence-electron chi connectivity index (χ2n) is 4.18. The molecule has 0 bridgehead atoms. The highest BCUT2D eigenvalue weighted by molar-refractivity contribution is 7.16. The molecule has 106 valence electrons. The molecule has 0 spiro atoms. The molecule has 0 unspecified atom stereocenters. The van der Waals surface area contributed by atoms with E-state index < -0.39 is 0 Å². The number of nitrogens with zero attached hydrogens (tertiary/aromatic N) is 3. The first-order valence-corrected chi connectivity index (χ1v) is 6.90. The van der Waals surface area contributed by atoms with Crippen molar-refractivity contribution >= 4 is 45.1 Å². The van der Waals surface area contributed by atoms with Crippen LogP contribution in [-0.2, 0) is 0 Å². The van der Waals surface area contributed by atoms with E-state index in [1.165, 1.54) is 23.9 Å². The third-order valence-electron chi connectivity index (χ3n) is 2.95. The van der Waals surface area contributed by atoms with E-state index in [9.17, 15) is 0 Å². The van der Waals surface area contributed by atoms with Crippen LogP contribution in [0.1, 0.15) is 5.56 Å². The van der Waals surface area contributed by atoms with Crippen molar-refractivity contribution in [3.63, 3.8) is 0 Å². The van der Waals surface area contributed by atoms with Gasteiger partial charge < -0.3 is 21.2 Å². The van der Waals surface area contributed by atoms with Gasteiger partial charge in [-0.3, -0.25) is 0 Å². The fourth-order valence-corrected chi connectivity index (χ4v) is 2.54. The number of ether oxygens (including phenoxy) is 1. The van der Waals surface area contributed by atoms with Gasteiger partial charge in [0.2, 0.25) is 0 Å². The maximum Gasteiger partial charge on any atom is 0.161 e. The average Bonchev–Trinajstić information content (AvgIpc) is 2.98. The number of fused-ring (bicyclic) bond motifs is 1. The third kappa shape index (κ3) is 2.36. The van der Waals surface area contributed by atoms with Crippen molar-refractivity contribution in [3.8, 4) is 5.75 Å². The van der Waals surface area contributed by atoms with Gasteiger partial charge in [-0.2, -0.15) is 0 Å². The zero-order chi connectivity index (χ0) is 14.8. The Balaban J connectivity index is 2.08. The van der Waals surface area contributed by atoms with Crippen molar-refractivity contribution in [2.45, 2.75) is 0 Å². The van der Waals surface area contributed by atoms with Crippen LogP contribution < -0.4 is 15.8 Å². The van der Waals surface area contributed by atoms with Gasteiger partial charge in [0.05, 0.1) is 18.3 Å². The molecule has 0 aliphatic heterocycles. The zero-order valence-corrected chi connectivity index (χ0v) is 11.9. The van der Waals surface area contributed by atoms with Crippen LogP contribution in [0, 0.1) is 5.41 Å². The van der Waals surface area contributed by atoms with E-state index >= 15 is 0 Å². The lowest BCUT2D eigenvalue weighted by Crippen LogP contribution is -2.01. The van der Waals surface area contributed by atoms with Gasteiger partial charge >= 0.3 is 0 Å². The number of benzene rings is 1. The number of nitrogen functional groups attached to an aromatic ring is 1. The van der Waals surface area contributed by atoms with Crippen molar-refractivity contribution in [2.24, 2.45) is 0 Å². The van der Waals surface area contributed by atoms with E-state index in [1.807, 2.05) is 0 Å². The quantitative estimate of drug-likeness (QED) is 0.504. The second-order valence-corrected chi connectivity index (χ2v) is 5.01. The SMILES string of the molecule is COc1cc(N)c(C=N)cc1Nc1ncnc2scnc12. The molecular formula is C13H12N6OS. The Kier molecular flexibility index (Phi) is 3.36. The Labute approximate surface area is 124 Å².